The van der Waals surface area contributed by atoms with Gasteiger partial charge in [-0.3, -0.25) is 9.59 Å². The fourth-order valence-corrected chi connectivity index (χ4v) is 2.81. The summed E-state index contributed by atoms with van der Waals surface area (Å²) in [7, 11) is 0. The van der Waals surface area contributed by atoms with Crippen molar-refractivity contribution >= 4 is 17.5 Å². The van der Waals surface area contributed by atoms with Crippen molar-refractivity contribution in [1.82, 2.24) is 5.16 Å². The largest absolute Gasteiger partial charge is 0.457 e. The second-order valence-electron chi connectivity index (χ2n) is 6.38. The van der Waals surface area contributed by atoms with Crippen molar-refractivity contribution in [2.75, 3.05) is 5.32 Å². The minimum absolute atomic E-state index is 0.101. The zero-order valence-electron chi connectivity index (χ0n) is 15.7. The van der Waals surface area contributed by atoms with Crippen LogP contribution in [0.25, 0.3) is 11.3 Å². The first-order valence-electron chi connectivity index (χ1n) is 9.10. The van der Waals surface area contributed by atoms with Crippen LogP contribution in [-0.2, 0) is 0 Å². The monoisotopic (exact) mass is 399 g/mol. The average Bonchev–Trinajstić information content (AvgIpc) is 3.27. The van der Waals surface area contributed by atoms with Gasteiger partial charge in [0.15, 0.2) is 0 Å². The number of carbonyl (C=O) groups is 2. The molecule has 0 spiro atoms. The molecule has 0 aliphatic carbocycles. The van der Waals surface area contributed by atoms with Gasteiger partial charge in [0.05, 0.1) is 5.56 Å². The van der Waals surface area contributed by atoms with Gasteiger partial charge in [-0.1, -0.05) is 47.6 Å². The number of aromatic nitrogens is 1. The van der Waals surface area contributed by atoms with Crippen molar-refractivity contribution < 1.29 is 18.8 Å². The minimum Gasteiger partial charge on any atom is -0.457 e. The third kappa shape index (κ3) is 4.20. The highest BCUT2D eigenvalue weighted by atomic mass is 16.5. The molecular formula is C23H17N3O4. The summed E-state index contributed by atoms with van der Waals surface area (Å²) in [5, 5.41) is 6.68. The summed E-state index contributed by atoms with van der Waals surface area (Å²) >= 11 is 0. The van der Waals surface area contributed by atoms with E-state index in [0.717, 1.165) is 5.56 Å². The van der Waals surface area contributed by atoms with Crippen molar-refractivity contribution in [1.29, 1.82) is 0 Å². The van der Waals surface area contributed by atoms with Crippen LogP contribution < -0.4 is 15.8 Å². The molecule has 0 fully saturated rings. The SMILES string of the molecule is NC(=O)c1ccccc1Oc1ccc(NC(=O)c2cc(-c3ccccc3)no2)cc1. The molecule has 0 aliphatic rings. The summed E-state index contributed by atoms with van der Waals surface area (Å²) in [6.45, 7) is 0. The number of benzene rings is 3. The van der Waals surface area contributed by atoms with E-state index in [2.05, 4.69) is 10.5 Å². The Morgan fingerprint density at radius 1 is 0.900 bits per heavy atom. The lowest BCUT2D eigenvalue weighted by Crippen LogP contribution is -2.12. The van der Waals surface area contributed by atoms with Gasteiger partial charge in [-0.15, -0.1) is 0 Å². The number of amides is 2. The lowest BCUT2D eigenvalue weighted by molar-refractivity contribution is 0.0983. The fourth-order valence-electron chi connectivity index (χ4n) is 2.81. The van der Waals surface area contributed by atoms with Crippen molar-refractivity contribution in [3.63, 3.8) is 0 Å². The topological polar surface area (TPSA) is 107 Å². The predicted molar refractivity (Wildman–Crippen MR) is 111 cm³/mol. The second-order valence-corrected chi connectivity index (χ2v) is 6.38. The van der Waals surface area contributed by atoms with E-state index in [0.29, 0.717) is 22.9 Å². The van der Waals surface area contributed by atoms with E-state index in [4.69, 9.17) is 15.0 Å². The fraction of sp³-hybridized carbons (Fsp3) is 0. The highest BCUT2D eigenvalue weighted by Crippen LogP contribution is 2.26. The van der Waals surface area contributed by atoms with Crippen LogP contribution >= 0.6 is 0 Å². The number of primary amides is 1. The number of anilines is 1. The molecular weight excluding hydrogens is 382 g/mol. The van der Waals surface area contributed by atoms with Crippen LogP contribution in [0.1, 0.15) is 20.9 Å². The van der Waals surface area contributed by atoms with Crippen LogP contribution in [0.15, 0.2) is 89.5 Å². The molecule has 0 atom stereocenters. The Bertz CT molecular complexity index is 1180. The smallest absolute Gasteiger partial charge is 0.294 e. The van der Waals surface area contributed by atoms with Gasteiger partial charge in [0.1, 0.15) is 17.2 Å². The van der Waals surface area contributed by atoms with Crippen LogP contribution in [0.3, 0.4) is 0 Å². The summed E-state index contributed by atoms with van der Waals surface area (Å²) in [5.41, 5.74) is 7.64. The maximum atomic E-state index is 12.4. The molecule has 1 aromatic heterocycles. The third-order valence-corrected chi connectivity index (χ3v) is 4.30. The molecule has 2 amide bonds. The van der Waals surface area contributed by atoms with E-state index in [1.807, 2.05) is 30.3 Å². The van der Waals surface area contributed by atoms with Crippen LogP contribution in [0.4, 0.5) is 5.69 Å². The van der Waals surface area contributed by atoms with Gasteiger partial charge in [-0.25, -0.2) is 0 Å². The summed E-state index contributed by atoms with van der Waals surface area (Å²) in [4.78, 5) is 23.9. The van der Waals surface area contributed by atoms with E-state index in [1.165, 1.54) is 0 Å². The molecule has 0 saturated heterocycles. The number of nitrogens with two attached hydrogens (primary N) is 1. The Balaban J connectivity index is 1.43. The summed E-state index contributed by atoms with van der Waals surface area (Å²) < 4.78 is 10.9. The van der Waals surface area contributed by atoms with E-state index >= 15 is 0 Å². The molecule has 0 saturated carbocycles. The highest BCUT2D eigenvalue weighted by Gasteiger charge is 2.14. The first-order chi connectivity index (χ1) is 14.6. The lowest BCUT2D eigenvalue weighted by Gasteiger charge is -2.10. The quantitative estimate of drug-likeness (QED) is 0.497. The number of ether oxygens (including phenoxy) is 1. The Hall–Kier alpha value is -4.39. The minimum atomic E-state index is -0.573. The molecule has 4 aromatic rings. The number of carbonyl (C=O) groups excluding carboxylic acids is 2. The molecule has 3 N–H and O–H groups in total. The first-order valence-corrected chi connectivity index (χ1v) is 9.10. The average molecular weight is 399 g/mol. The molecule has 7 nitrogen and oxygen atoms in total. The maximum absolute atomic E-state index is 12.4. The van der Waals surface area contributed by atoms with Gasteiger partial charge >= 0.3 is 0 Å². The van der Waals surface area contributed by atoms with Crippen molar-refractivity contribution in [2.45, 2.75) is 0 Å². The number of para-hydroxylation sites is 1. The molecule has 4 rings (SSSR count). The van der Waals surface area contributed by atoms with E-state index < -0.39 is 11.8 Å². The van der Waals surface area contributed by atoms with Crippen LogP contribution in [-0.4, -0.2) is 17.0 Å². The molecule has 0 bridgehead atoms. The van der Waals surface area contributed by atoms with Crippen molar-refractivity contribution in [3.05, 3.63) is 96.3 Å². The number of hydrogen-bond acceptors (Lipinski definition) is 5. The van der Waals surface area contributed by atoms with Crippen LogP contribution in [0.5, 0.6) is 11.5 Å². The highest BCUT2D eigenvalue weighted by molar-refractivity contribution is 6.02. The number of nitrogens with one attached hydrogen (secondary N) is 1. The van der Waals surface area contributed by atoms with Crippen LogP contribution in [0, 0.1) is 0 Å². The van der Waals surface area contributed by atoms with Crippen molar-refractivity contribution in [3.8, 4) is 22.8 Å². The lowest BCUT2D eigenvalue weighted by atomic mass is 10.1. The van der Waals surface area contributed by atoms with Gasteiger partial charge in [-0.2, -0.15) is 0 Å². The van der Waals surface area contributed by atoms with Gasteiger partial charge in [0, 0.05) is 17.3 Å². The Morgan fingerprint density at radius 2 is 1.60 bits per heavy atom. The van der Waals surface area contributed by atoms with Crippen molar-refractivity contribution in [2.24, 2.45) is 5.73 Å². The van der Waals surface area contributed by atoms with Gasteiger partial charge in [0.25, 0.3) is 11.8 Å². The molecule has 0 unspecified atom stereocenters. The predicted octanol–water partition coefficient (Wildman–Crippen LogP) is 4.49. The normalized spacial score (nSPS) is 10.4. The zero-order chi connectivity index (χ0) is 20.9. The zero-order valence-corrected chi connectivity index (χ0v) is 15.7. The Kier molecular flexibility index (Phi) is 5.25. The molecule has 0 radical (unpaired) electrons. The summed E-state index contributed by atoms with van der Waals surface area (Å²) in [6.07, 6.45) is 0. The molecule has 7 heteroatoms. The first kappa shape index (κ1) is 18.9. The van der Waals surface area contributed by atoms with E-state index in [-0.39, 0.29) is 11.3 Å². The Morgan fingerprint density at radius 3 is 2.33 bits per heavy atom. The third-order valence-electron chi connectivity index (χ3n) is 4.30. The van der Waals surface area contributed by atoms with E-state index in [9.17, 15) is 9.59 Å². The maximum Gasteiger partial charge on any atom is 0.294 e. The molecule has 148 valence electrons. The number of hydrogen-bond donors (Lipinski definition) is 2. The Labute approximate surface area is 172 Å². The number of rotatable bonds is 6. The van der Waals surface area contributed by atoms with Crippen LogP contribution in [0.2, 0.25) is 0 Å². The van der Waals surface area contributed by atoms with Gasteiger partial charge < -0.3 is 20.3 Å². The van der Waals surface area contributed by atoms with Gasteiger partial charge in [-0.05, 0) is 36.4 Å². The summed E-state index contributed by atoms with van der Waals surface area (Å²) in [5.74, 6) is -0.0389. The molecule has 30 heavy (non-hydrogen) atoms. The summed E-state index contributed by atoms with van der Waals surface area (Å²) in [6, 6.07) is 24.4. The van der Waals surface area contributed by atoms with Gasteiger partial charge in [0.2, 0.25) is 5.76 Å². The number of nitrogens with zero attached hydrogens (tertiary/aromatic N) is 1. The molecule has 0 aliphatic heterocycles. The molecule has 3 aromatic carbocycles. The standard InChI is InChI=1S/C23H17N3O4/c24-22(27)18-8-4-5-9-20(18)29-17-12-10-16(11-13-17)25-23(28)21-14-19(26-30-21)15-6-2-1-3-7-15/h1-14H,(H2,24,27)(H,25,28). The van der Waals surface area contributed by atoms with E-state index in [1.54, 1.807) is 54.6 Å². The molecule has 1 heterocycles. The second kappa shape index (κ2) is 8.32.